The molecule has 1 aliphatic rings. The molecule has 2 rings (SSSR count). The third kappa shape index (κ3) is 4.08. The molecular formula is C17H23N3O3S. The van der Waals surface area contributed by atoms with Gasteiger partial charge in [-0.2, -0.15) is 0 Å². The number of urea groups is 1. The van der Waals surface area contributed by atoms with Crippen molar-refractivity contribution in [2.75, 3.05) is 19.3 Å². The van der Waals surface area contributed by atoms with Gasteiger partial charge in [-0.1, -0.05) is 19.1 Å². The fraction of sp³-hybridized carbons (Fsp3) is 0.471. The SMILES string of the molecule is CC[C@@]1(C)NC(=O)N(CC(=O)NCCc2ccc(SC)cc2)C1=O. The molecule has 1 aromatic rings. The summed E-state index contributed by atoms with van der Waals surface area (Å²) in [4.78, 5) is 38.2. The summed E-state index contributed by atoms with van der Waals surface area (Å²) < 4.78 is 0. The zero-order chi connectivity index (χ0) is 17.7. The maximum atomic E-state index is 12.2. The molecular weight excluding hydrogens is 326 g/mol. The standard InChI is InChI=1S/C17H23N3O3S/c1-4-17(2)15(22)20(16(23)19-17)11-14(21)18-10-9-12-5-7-13(24-3)8-6-12/h5-8H,4,9-11H2,1-3H3,(H,18,21)(H,19,23)/t17-/m1/s1. The van der Waals surface area contributed by atoms with E-state index in [9.17, 15) is 14.4 Å². The first-order chi connectivity index (χ1) is 11.4. The molecule has 0 saturated carbocycles. The minimum atomic E-state index is -0.906. The summed E-state index contributed by atoms with van der Waals surface area (Å²) in [6, 6.07) is 7.64. The second-order valence-corrected chi connectivity index (χ2v) is 6.83. The number of rotatable bonds is 7. The number of imide groups is 1. The number of hydrogen-bond donors (Lipinski definition) is 2. The Labute approximate surface area is 146 Å². The van der Waals surface area contributed by atoms with E-state index in [1.165, 1.54) is 4.90 Å². The van der Waals surface area contributed by atoms with E-state index in [2.05, 4.69) is 10.6 Å². The van der Waals surface area contributed by atoms with Crippen LogP contribution in [-0.4, -0.2) is 47.6 Å². The van der Waals surface area contributed by atoms with Gasteiger partial charge in [0, 0.05) is 11.4 Å². The highest BCUT2D eigenvalue weighted by Gasteiger charge is 2.46. The first kappa shape index (κ1) is 18.3. The molecule has 1 aromatic carbocycles. The Hall–Kier alpha value is -2.02. The van der Waals surface area contributed by atoms with E-state index in [1.807, 2.05) is 37.4 Å². The summed E-state index contributed by atoms with van der Waals surface area (Å²) in [5.74, 6) is -0.683. The zero-order valence-electron chi connectivity index (χ0n) is 14.2. The minimum Gasteiger partial charge on any atom is -0.354 e. The van der Waals surface area contributed by atoms with Crippen molar-refractivity contribution in [2.24, 2.45) is 0 Å². The van der Waals surface area contributed by atoms with Gasteiger partial charge in [-0.3, -0.25) is 14.5 Å². The average molecular weight is 349 g/mol. The van der Waals surface area contributed by atoms with E-state index in [-0.39, 0.29) is 18.4 Å². The van der Waals surface area contributed by atoms with Crippen molar-refractivity contribution in [1.82, 2.24) is 15.5 Å². The average Bonchev–Trinajstić information content (AvgIpc) is 2.79. The van der Waals surface area contributed by atoms with Crippen molar-refractivity contribution in [3.05, 3.63) is 29.8 Å². The van der Waals surface area contributed by atoms with E-state index < -0.39 is 11.6 Å². The third-order valence-corrected chi connectivity index (χ3v) is 4.99. The van der Waals surface area contributed by atoms with Crippen LogP contribution in [0.5, 0.6) is 0 Å². The Morgan fingerprint density at radius 2 is 1.96 bits per heavy atom. The Balaban J connectivity index is 1.81. The van der Waals surface area contributed by atoms with Crippen molar-refractivity contribution in [3.63, 3.8) is 0 Å². The van der Waals surface area contributed by atoms with Gasteiger partial charge >= 0.3 is 6.03 Å². The largest absolute Gasteiger partial charge is 0.354 e. The highest BCUT2D eigenvalue weighted by atomic mass is 32.2. The van der Waals surface area contributed by atoms with Crippen molar-refractivity contribution in [1.29, 1.82) is 0 Å². The van der Waals surface area contributed by atoms with E-state index in [0.717, 1.165) is 10.5 Å². The maximum absolute atomic E-state index is 12.2. The fourth-order valence-corrected chi connectivity index (χ4v) is 2.88. The van der Waals surface area contributed by atoms with Crippen LogP contribution in [0.15, 0.2) is 29.2 Å². The summed E-state index contributed by atoms with van der Waals surface area (Å²) in [5, 5.41) is 5.39. The number of carbonyl (C=O) groups excluding carboxylic acids is 3. The molecule has 0 radical (unpaired) electrons. The number of carbonyl (C=O) groups is 3. The van der Waals surface area contributed by atoms with Crippen LogP contribution in [0.25, 0.3) is 0 Å². The second kappa shape index (κ2) is 7.70. The summed E-state index contributed by atoms with van der Waals surface area (Å²) in [6.45, 7) is 3.71. The molecule has 1 fully saturated rings. The molecule has 24 heavy (non-hydrogen) atoms. The van der Waals surface area contributed by atoms with Gasteiger partial charge in [-0.15, -0.1) is 11.8 Å². The molecule has 6 nitrogen and oxygen atoms in total. The van der Waals surface area contributed by atoms with Crippen molar-refractivity contribution < 1.29 is 14.4 Å². The third-order valence-electron chi connectivity index (χ3n) is 4.25. The Kier molecular flexibility index (Phi) is 5.88. The Morgan fingerprint density at radius 1 is 1.29 bits per heavy atom. The smallest absolute Gasteiger partial charge is 0.325 e. The molecule has 0 aliphatic carbocycles. The number of amides is 4. The molecule has 1 atom stereocenters. The maximum Gasteiger partial charge on any atom is 0.325 e. The molecule has 0 spiro atoms. The topological polar surface area (TPSA) is 78.5 Å². The second-order valence-electron chi connectivity index (χ2n) is 5.96. The van der Waals surface area contributed by atoms with Crippen molar-refractivity contribution >= 4 is 29.6 Å². The van der Waals surface area contributed by atoms with Crippen LogP contribution in [0.3, 0.4) is 0 Å². The van der Waals surface area contributed by atoms with Crippen LogP contribution >= 0.6 is 11.8 Å². The lowest BCUT2D eigenvalue weighted by Gasteiger charge is -2.19. The highest BCUT2D eigenvalue weighted by molar-refractivity contribution is 7.98. The Bertz CT molecular complexity index is 632. The first-order valence-electron chi connectivity index (χ1n) is 7.93. The molecule has 4 amide bonds. The van der Waals surface area contributed by atoms with Crippen molar-refractivity contribution in [3.8, 4) is 0 Å². The molecule has 130 valence electrons. The van der Waals surface area contributed by atoms with Crippen LogP contribution < -0.4 is 10.6 Å². The summed E-state index contributed by atoms with van der Waals surface area (Å²) in [6.07, 6.45) is 3.21. The quantitative estimate of drug-likeness (QED) is 0.581. The summed E-state index contributed by atoms with van der Waals surface area (Å²) in [5.41, 5.74) is 0.220. The number of nitrogens with one attached hydrogen (secondary N) is 2. The van der Waals surface area contributed by atoms with E-state index in [1.54, 1.807) is 18.7 Å². The van der Waals surface area contributed by atoms with Gasteiger partial charge in [0.25, 0.3) is 5.91 Å². The van der Waals surface area contributed by atoms with Crippen LogP contribution in [-0.2, 0) is 16.0 Å². The number of thioether (sulfide) groups is 1. The van der Waals surface area contributed by atoms with Gasteiger partial charge < -0.3 is 10.6 Å². The summed E-state index contributed by atoms with van der Waals surface area (Å²) in [7, 11) is 0. The van der Waals surface area contributed by atoms with Gasteiger partial charge in [-0.05, 0) is 43.7 Å². The predicted octanol–water partition coefficient (Wildman–Crippen LogP) is 1.79. The van der Waals surface area contributed by atoms with Crippen LogP contribution in [0.1, 0.15) is 25.8 Å². The molecule has 0 bridgehead atoms. The molecule has 0 unspecified atom stereocenters. The lowest BCUT2D eigenvalue weighted by molar-refractivity contribution is -0.134. The normalized spacial score (nSPS) is 20.2. The molecule has 1 heterocycles. The minimum absolute atomic E-state index is 0.244. The molecule has 1 saturated heterocycles. The van der Waals surface area contributed by atoms with Gasteiger partial charge in [0.2, 0.25) is 5.91 Å². The summed E-state index contributed by atoms with van der Waals surface area (Å²) >= 11 is 1.68. The number of hydrogen-bond acceptors (Lipinski definition) is 4. The molecule has 2 N–H and O–H groups in total. The van der Waals surface area contributed by atoms with Crippen molar-refractivity contribution in [2.45, 2.75) is 37.1 Å². The zero-order valence-corrected chi connectivity index (χ0v) is 15.0. The number of nitrogens with zero attached hydrogens (tertiary/aromatic N) is 1. The van der Waals surface area contributed by atoms with Crippen LogP contribution in [0.4, 0.5) is 4.79 Å². The lowest BCUT2D eigenvalue weighted by atomic mass is 9.99. The monoisotopic (exact) mass is 349 g/mol. The molecule has 7 heteroatoms. The molecule has 0 aromatic heterocycles. The van der Waals surface area contributed by atoms with Gasteiger partial charge in [-0.25, -0.2) is 4.79 Å². The van der Waals surface area contributed by atoms with Gasteiger partial charge in [0.05, 0.1) is 0 Å². The van der Waals surface area contributed by atoms with E-state index in [0.29, 0.717) is 19.4 Å². The van der Waals surface area contributed by atoms with Gasteiger partial charge in [0.15, 0.2) is 0 Å². The fourth-order valence-electron chi connectivity index (χ4n) is 2.47. The van der Waals surface area contributed by atoms with Gasteiger partial charge in [0.1, 0.15) is 12.1 Å². The number of benzene rings is 1. The van der Waals surface area contributed by atoms with Crippen LogP contribution in [0.2, 0.25) is 0 Å². The predicted molar refractivity (Wildman–Crippen MR) is 93.9 cm³/mol. The Morgan fingerprint density at radius 3 is 2.50 bits per heavy atom. The highest BCUT2D eigenvalue weighted by Crippen LogP contribution is 2.20. The first-order valence-corrected chi connectivity index (χ1v) is 9.16. The molecule has 1 aliphatic heterocycles. The van der Waals surface area contributed by atoms with E-state index in [4.69, 9.17) is 0 Å². The van der Waals surface area contributed by atoms with E-state index >= 15 is 0 Å². The lowest BCUT2D eigenvalue weighted by Crippen LogP contribution is -2.44. The van der Waals surface area contributed by atoms with Crippen LogP contribution in [0, 0.1) is 0 Å².